The van der Waals surface area contributed by atoms with Gasteiger partial charge in [-0.2, -0.15) is 0 Å². The molecule has 0 saturated heterocycles. The molecule has 1 aromatic rings. The van der Waals surface area contributed by atoms with Crippen LogP contribution in [0.25, 0.3) is 0 Å². The van der Waals surface area contributed by atoms with Gasteiger partial charge in [-0.25, -0.2) is 9.59 Å². The Balaban J connectivity index is 2.98. The second kappa shape index (κ2) is 27.4. The highest BCUT2D eigenvalue weighted by atomic mass is 16.6. The molecule has 0 aliphatic carbocycles. The molecule has 16 heteroatoms. The summed E-state index contributed by atoms with van der Waals surface area (Å²) in [5, 5.41) is 27.9. The molecular weight excluding hydrogens is 789 g/mol. The first-order valence-corrected chi connectivity index (χ1v) is 21.2. The maximum Gasteiger partial charge on any atom is 0.407 e. The predicted molar refractivity (Wildman–Crippen MR) is 231 cm³/mol. The molecule has 0 saturated carbocycles. The van der Waals surface area contributed by atoms with Gasteiger partial charge in [-0.15, -0.1) is 0 Å². The Morgan fingerprint density at radius 2 is 1.48 bits per heavy atom. The number of rotatable bonds is 27. The van der Waals surface area contributed by atoms with E-state index in [9.17, 15) is 39.0 Å². The minimum atomic E-state index is -1.06. The van der Waals surface area contributed by atoms with Gasteiger partial charge in [0.05, 0.1) is 18.8 Å². The van der Waals surface area contributed by atoms with Gasteiger partial charge in [0.15, 0.2) is 0 Å². The van der Waals surface area contributed by atoms with E-state index in [-0.39, 0.29) is 31.3 Å². The average Bonchev–Trinajstić information content (AvgIpc) is 3.20. The third-order valence-corrected chi connectivity index (χ3v) is 10.6. The van der Waals surface area contributed by atoms with E-state index in [4.69, 9.17) is 18.9 Å². The zero-order chi connectivity index (χ0) is 46.4. The highest BCUT2D eigenvalue weighted by Crippen LogP contribution is 2.30. The Hall–Kier alpha value is -4.54. The molecule has 1 unspecified atom stereocenters. The lowest BCUT2D eigenvalue weighted by molar-refractivity contribution is -0.165. The molecule has 1 aromatic carbocycles. The number of hydrogen-bond acceptors (Lipinski definition) is 13. The van der Waals surface area contributed by atoms with Gasteiger partial charge in [0.25, 0.3) is 5.91 Å². The summed E-state index contributed by atoms with van der Waals surface area (Å²) in [6.07, 6.45) is 1.86. The van der Waals surface area contributed by atoms with Crippen LogP contribution in [0.15, 0.2) is 42.6 Å². The Kier molecular flexibility index (Phi) is 24.5. The molecule has 0 aliphatic heterocycles. The maximum absolute atomic E-state index is 13.3. The lowest BCUT2D eigenvalue weighted by atomic mass is 9.82. The first-order valence-electron chi connectivity index (χ1n) is 21.2. The van der Waals surface area contributed by atoms with Crippen molar-refractivity contribution >= 4 is 36.3 Å². The fourth-order valence-electron chi connectivity index (χ4n) is 6.45. The molecule has 10 atom stereocenters. The van der Waals surface area contributed by atoms with Gasteiger partial charge in [-0.05, 0) is 91.9 Å². The van der Waals surface area contributed by atoms with Crippen LogP contribution in [-0.2, 0) is 38.1 Å². The summed E-state index contributed by atoms with van der Waals surface area (Å²) in [7, 11) is 5.09. The smallest absolute Gasteiger partial charge is 0.407 e. The molecule has 3 amide bonds. The van der Waals surface area contributed by atoms with Crippen LogP contribution in [0, 0.1) is 23.7 Å². The van der Waals surface area contributed by atoms with Crippen LogP contribution in [0.5, 0.6) is 0 Å². The van der Waals surface area contributed by atoms with Crippen LogP contribution in [-0.4, -0.2) is 133 Å². The number of nitrogens with one attached hydrogen (secondary N) is 2. The van der Waals surface area contributed by atoms with E-state index in [2.05, 4.69) is 10.6 Å². The molecule has 0 spiro atoms. The number of nitrogens with zero attached hydrogens (tertiary/aromatic N) is 2. The van der Waals surface area contributed by atoms with Crippen LogP contribution in [0.1, 0.15) is 111 Å². The Labute approximate surface area is 363 Å². The Morgan fingerprint density at radius 3 is 2.05 bits per heavy atom. The first-order chi connectivity index (χ1) is 28.5. The summed E-state index contributed by atoms with van der Waals surface area (Å²) in [5.74, 6) is -3.96. The fraction of sp³-hybridized carbons (Fsp3) is 0.689. The Bertz CT molecular complexity index is 1530. The number of esters is 3. The molecule has 16 nitrogen and oxygen atoms in total. The van der Waals surface area contributed by atoms with E-state index in [1.807, 2.05) is 20.8 Å². The molecular formula is C45H74N4O12. The number of amides is 3. The molecule has 346 valence electrons. The van der Waals surface area contributed by atoms with E-state index in [1.165, 1.54) is 11.8 Å². The number of hydrogen-bond donors (Lipinski definition) is 4. The van der Waals surface area contributed by atoms with Crippen molar-refractivity contribution in [1.29, 1.82) is 0 Å². The third kappa shape index (κ3) is 21.2. The van der Waals surface area contributed by atoms with Crippen molar-refractivity contribution < 1.29 is 57.9 Å². The topological polar surface area (TPSA) is 210 Å². The maximum atomic E-state index is 13.3. The van der Waals surface area contributed by atoms with Gasteiger partial charge < -0.3 is 44.7 Å². The standard InChI is InChI=1S/C45H74N4O12/c1-29(21-22-38(60-42(55)33(5)48(10)11)32(4)40(59-34(6)51)30(2)23-26-49(12)28-50)39(53)31(3)37(52)24-27-58-43(56)36(47-41(54)35-18-14-13-15-19-35)20-16-17-25-46-44(57)61-45(7,8)9/h13-15,18-19,23,26,28-33,36-40,52-53H,16-17,20-22,24-25,27H2,1-12H3,(H,46,57)(H,47,54)/b26-23+/t29-,30+,31+,32-,33?,36-,37-,38+,39-,40+/m0/s1. The van der Waals surface area contributed by atoms with Crippen LogP contribution in [0.2, 0.25) is 0 Å². The number of unbranched alkanes of at least 4 members (excludes halogenated alkanes) is 1. The first kappa shape index (κ1) is 54.5. The van der Waals surface area contributed by atoms with Gasteiger partial charge in [0.1, 0.15) is 29.9 Å². The highest BCUT2D eigenvalue weighted by Gasteiger charge is 2.36. The van der Waals surface area contributed by atoms with Gasteiger partial charge >= 0.3 is 24.0 Å². The summed E-state index contributed by atoms with van der Waals surface area (Å²) >= 11 is 0. The quantitative estimate of drug-likeness (QED) is 0.0404. The second-order valence-corrected chi connectivity index (χ2v) is 17.3. The summed E-state index contributed by atoms with van der Waals surface area (Å²) in [6, 6.07) is 6.90. The average molecular weight is 863 g/mol. The van der Waals surface area contributed by atoms with Crippen LogP contribution < -0.4 is 10.6 Å². The number of benzene rings is 1. The van der Waals surface area contributed by atoms with Gasteiger partial charge in [-0.1, -0.05) is 52.0 Å². The van der Waals surface area contributed by atoms with E-state index in [1.54, 1.807) is 103 Å². The van der Waals surface area contributed by atoms with E-state index < -0.39 is 83.8 Å². The number of carbonyl (C=O) groups excluding carboxylic acids is 6. The monoisotopic (exact) mass is 863 g/mol. The summed E-state index contributed by atoms with van der Waals surface area (Å²) < 4.78 is 22.6. The van der Waals surface area contributed by atoms with Crippen molar-refractivity contribution in [3.05, 3.63) is 48.2 Å². The minimum Gasteiger partial charge on any atom is -0.464 e. The van der Waals surface area contributed by atoms with Crippen molar-refractivity contribution in [1.82, 2.24) is 20.4 Å². The van der Waals surface area contributed by atoms with Gasteiger partial charge in [0.2, 0.25) is 6.41 Å². The van der Waals surface area contributed by atoms with Gasteiger partial charge in [-0.3, -0.25) is 24.1 Å². The largest absolute Gasteiger partial charge is 0.464 e. The molecule has 0 bridgehead atoms. The van der Waals surface area contributed by atoms with Crippen molar-refractivity contribution in [2.24, 2.45) is 23.7 Å². The van der Waals surface area contributed by atoms with E-state index in [0.29, 0.717) is 44.2 Å². The lowest BCUT2D eigenvalue weighted by Gasteiger charge is -2.35. The minimum absolute atomic E-state index is 0.0182. The number of alkyl carbamates (subject to hydrolysis) is 1. The molecule has 0 heterocycles. The number of likely N-dealkylation sites (N-methyl/N-ethyl adjacent to an activating group) is 1. The molecule has 61 heavy (non-hydrogen) atoms. The number of ether oxygens (including phenoxy) is 4. The SMILES string of the molecule is CC(=O)O[C@@H]([C@@H](C)[C@@H](CC[C@H](C)[C@H](O)[C@H](C)[C@@H](O)CCOC(=O)[C@H](CCCCNC(=O)OC(C)(C)C)NC(=O)c1ccccc1)OC(=O)C(C)N(C)C)[C@H](C)/C=C/N(C)C=O. The zero-order valence-electron chi connectivity index (χ0n) is 38.4. The summed E-state index contributed by atoms with van der Waals surface area (Å²) in [5.41, 5.74) is -0.266. The highest BCUT2D eigenvalue weighted by molar-refractivity contribution is 5.96. The normalized spacial score (nSPS) is 16.7. The van der Waals surface area contributed by atoms with Crippen LogP contribution in [0.3, 0.4) is 0 Å². The second-order valence-electron chi connectivity index (χ2n) is 17.3. The lowest BCUT2D eigenvalue weighted by Crippen LogP contribution is -2.43. The fourth-order valence-corrected chi connectivity index (χ4v) is 6.45. The van der Waals surface area contributed by atoms with Crippen LogP contribution in [0.4, 0.5) is 4.79 Å². The molecule has 0 radical (unpaired) electrons. The zero-order valence-corrected chi connectivity index (χ0v) is 38.4. The van der Waals surface area contributed by atoms with Crippen molar-refractivity contribution in [3.63, 3.8) is 0 Å². The number of aliphatic hydroxyl groups excluding tert-OH is 2. The molecule has 0 fully saturated rings. The van der Waals surface area contributed by atoms with Crippen molar-refractivity contribution in [2.45, 2.75) is 143 Å². The van der Waals surface area contributed by atoms with Gasteiger partial charge in [0, 0.05) is 56.5 Å². The summed E-state index contributed by atoms with van der Waals surface area (Å²) in [6.45, 7) is 15.6. The summed E-state index contributed by atoms with van der Waals surface area (Å²) in [4.78, 5) is 77.8. The van der Waals surface area contributed by atoms with Crippen LogP contribution >= 0.6 is 0 Å². The van der Waals surface area contributed by atoms with Crippen molar-refractivity contribution in [3.8, 4) is 0 Å². The number of carbonyl (C=O) groups is 6. The Morgan fingerprint density at radius 1 is 0.836 bits per heavy atom. The van der Waals surface area contributed by atoms with E-state index in [0.717, 1.165) is 0 Å². The number of aliphatic hydroxyl groups is 2. The van der Waals surface area contributed by atoms with E-state index >= 15 is 0 Å². The molecule has 1 rings (SSSR count). The third-order valence-electron chi connectivity index (χ3n) is 10.6. The van der Waals surface area contributed by atoms with Crippen molar-refractivity contribution in [2.75, 3.05) is 34.3 Å². The predicted octanol–water partition coefficient (Wildman–Crippen LogP) is 4.86. The molecule has 0 aromatic heterocycles. The molecule has 4 N–H and O–H groups in total. The molecule has 0 aliphatic rings.